The molecule has 1 atom stereocenters. The molecule has 0 radical (unpaired) electrons. The van der Waals surface area contributed by atoms with Crippen LogP contribution in [0.3, 0.4) is 0 Å². The highest BCUT2D eigenvalue weighted by Gasteiger charge is 2.23. The first kappa shape index (κ1) is 18.9. The highest BCUT2D eigenvalue weighted by Crippen LogP contribution is 2.30. The molecule has 1 aromatic rings. The molecule has 6 nitrogen and oxygen atoms in total. The number of nitrogens with zero attached hydrogens (tertiary/aromatic N) is 2. The first-order valence-electron chi connectivity index (χ1n) is 8.84. The predicted molar refractivity (Wildman–Crippen MR) is 95.6 cm³/mol. The fraction of sp³-hybridized carbons (Fsp3) is 0.579. The summed E-state index contributed by atoms with van der Waals surface area (Å²) in [6.07, 6.45) is 2.42. The summed E-state index contributed by atoms with van der Waals surface area (Å²) in [7, 11) is 1.61. The van der Waals surface area contributed by atoms with Crippen LogP contribution in [0.1, 0.15) is 44.7 Å². The van der Waals surface area contributed by atoms with E-state index in [4.69, 9.17) is 14.7 Å². The third-order valence-electron chi connectivity index (χ3n) is 4.45. The van der Waals surface area contributed by atoms with Crippen LogP contribution in [-0.2, 0) is 0 Å². The molecule has 25 heavy (non-hydrogen) atoms. The van der Waals surface area contributed by atoms with Crippen molar-refractivity contribution in [3.05, 3.63) is 23.8 Å². The number of nitriles is 1. The Morgan fingerprint density at radius 1 is 1.40 bits per heavy atom. The van der Waals surface area contributed by atoms with E-state index < -0.39 is 0 Å². The van der Waals surface area contributed by atoms with E-state index in [1.54, 1.807) is 12.0 Å². The van der Waals surface area contributed by atoms with Crippen LogP contribution in [0.4, 0.5) is 4.79 Å². The fourth-order valence-electron chi connectivity index (χ4n) is 2.86. The van der Waals surface area contributed by atoms with Crippen molar-refractivity contribution in [1.29, 1.82) is 5.26 Å². The van der Waals surface area contributed by atoms with E-state index in [2.05, 4.69) is 18.3 Å². The quantitative estimate of drug-likeness (QED) is 0.856. The van der Waals surface area contributed by atoms with Crippen molar-refractivity contribution in [2.24, 2.45) is 5.92 Å². The van der Waals surface area contributed by atoms with Gasteiger partial charge in [0.15, 0.2) is 11.5 Å². The second-order valence-electron chi connectivity index (χ2n) is 6.32. The van der Waals surface area contributed by atoms with E-state index >= 15 is 0 Å². The van der Waals surface area contributed by atoms with Crippen molar-refractivity contribution in [2.75, 3.05) is 26.8 Å². The van der Waals surface area contributed by atoms with Crippen LogP contribution in [-0.4, -0.2) is 37.7 Å². The largest absolute Gasteiger partial charge is 0.493 e. The normalized spacial score (nSPS) is 16.0. The molecule has 1 aliphatic rings. The van der Waals surface area contributed by atoms with Gasteiger partial charge in [-0.15, -0.1) is 0 Å². The van der Waals surface area contributed by atoms with Crippen LogP contribution in [0.2, 0.25) is 0 Å². The van der Waals surface area contributed by atoms with Crippen LogP contribution in [0.5, 0.6) is 11.5 Å². The molecule has 0 spiro atoms. The molecule has 2 rings (SSSR count). The number of methoxy groups -OCH3 is 1. The number of piperidine rings is 1. The van der Waals surface area contributed by atoms with Gasteiger partial charge in [0.05, 0.1) is 25.8 Å². The lowest BCUT2D eigenvalue weighted by Crippen LogP contribution is -2.45. The molecule has 6 heteroatoms. The van der Waals surface area contributed by atoms with Gasteiger partial charge in [-0.05, 0) is 43.9 Å². The van der Waals surface area contributed by atoms with Crippen molar-refractivity contribution in [3.8, 4) is 17.6 Å². The lowest BCUT2D eigenvalue weighted by Gasteiger charge is -2.30. The molecule has 1 aromatic carbocycles. The first-order chi connectivity index (χ1) is 12.1. The van der Waals surface area contributed by atoms with E-state index in [1.807, 2.05) is 25.1 Å². The van der Waals surface area contributed by atoms with Crippen LogP contribution in [0.25, 0.3) is 0 Å². The molecule has 0 bridgehead atoms. The molecule has 0 saturated carbocycles. The second kappa shape index (κ2) is 9.16. The molecule has 136 valence electrons. The van der Waals surface area contributed by atoms with Gasteiger partial charge in [0.25, 0.3) is 0 Å². The Morgan fingerprint density at radius 2 is 2.12 bits per heavy atom. The van der Waals surface area contributed by atoms with Gasteiger partial charge in [-0.3, -0.25) is 0 Å². The molecule has 1 aliphatic heterocycles. The van der Waals surface area contributed by atoms with E-state index in [0.717, 1.165) is 24.8 Å². The summed E-state index contributed by atoms with van der Waals surface area (Å²) >= 11 is 0. The zero-order valence-corrected chi connectivity index (χ0v) is 15.2. The molecular formula is C19H27N3O3. The van der Waals surface area contributed by atoms with Crippen LogP contribution in [0, 0.1) is 17.2 Å². The Kier molecular flexibility index (Phi) is 6.93. The first-order valence-corrected chi connectivity index (χ1v) is 8.84. The van der Waals surface area contributed by atoms with Crippen LogP contribution < -0.4 is 14.8 Å². The van der Waals surface area contributed by atoms with E-state index in [1.165, 1.54) is 0 Å². The molecule has 2 amide bonds. The van der Waals surface area contributed by atoms with Crippen LogP contribution >= 0.6 is 0 Å². The molecule has 1 N–H and O–H groups in total. The van der Waals surface area contributed by atoms with E-state index in [9.17, 15) is 4.79 Å². The van der Waals surface area contributed by atoms with Gasteiger partial charge in [0, 0.05) is 19.0 Å². The maximum absolute atomic E-state index is 12.4. The summed E-state index contributed by atoms with van der Waals surface area (Å²) in [5.41, 5.74) is 0.959. The average molecular weight is 345 g/mol. The molecule has 1 saturated heterocycles. The second-order valence-corrected chi connectivity index (χ2v) is 6.32. The molecule has 0 aromatic heterocycles. The average Bonchev–Trinajstić information content (AvgIpc) is 2.66. The zero-order valence-electron chi connectivity index (χ0n) is 15.2. The maximum atomic E-state index is 12.4. The number of rotatable bonds is 6. The number of benzene rings is 1. The zero-order chi connectivity index (χ0) is 18.2. The van der Waals surface area contributed by atoms with Crippen molar-refractivity contribution < 1.29 is 14.3 Å². The summed E-state index contributed by atoms with van der Waals surface area (Å²) in [4.78, 5) is 14.2. The molecular weight excluding hydrogens is 318 g/mol. The van der Waals surface area contributed by atoms with Gasteiger partial charge >= 0.3 is 6.03 Å². The standard InChI is InChI=1S/C19H27N3O3/c1-4-11-25-17-6-5-16(12-18(17)24-3)14(2)21-19(23)22-9-7-15(13-20)8-10-22/h5-6,12,14-15H,4,7-11H2,1-3H3,(H,21,23). The van der Waals surface area contributed by atoms with Gasteiger partial charge in [0.1, 0.15) is 0 Å². The van der Waals surface area contributed by atoms with Gasteiger partial charge in [-0.2, -0.15) is 5.26 Å². The SMILES string of the molecule is CCCOc1ccc(C(C)NC(=O)N2CCC(C#N)CC2)cc1OC. The van der Waals surface area contributed by atoms with E-state index in [-0.39, 0.29) is 18.0 Å². The topological polar surface area (TPSA) is 74.6 Å². The number of carbonyl (C=O) groups excluding carboxylic acids is 1. The Morgan fingerprint density at radius 3 is 2.72 bits per heavy atom. The Bertz CT molecular complexity index is 619. The number of ether oxygens (including phenoxy) is 2. The number of nitrogens with one attached hydrogen (secondary N) is 1. The highest BCUT2D eigenvalue weighted by atomic mass is 16.5. The highest BCUT2D eigenvalue weighted by molar-refractivity contribution is 5.74. The third kappa shape index (κ3) is 5.02. The van der Waals surface area contributed by atoms with Gasteiger partial charge in [-0.25, -0.2) is 4.79 Å². The molecule has 1 unspecified atom stereocenters. The summed E-state index contributed by atoms with van der Waals surface area (Å²) in [5.74, 6) is 1.45. The Balaban J connectivity index is 1.97. The lowest BCUT2D eigenvalue weighted by molar-refractivity contribution is 0.176. The number of likely N-dealkylation sites (tertiary alicyclic amines) is 1. The molecule has 1 fully saturated rings. The smallest absolute Gasteiger partial charge is 0.317 e. The monoisotopic (exact) mass is 345 g/mol. The molecule has 1 heterocycles. The predicted octanol–water partition coefficient (Wildman–Crippen LogP) is 3.49. The fourth-order valence-corrected chi connectivity index (χ4v) is 2.86. The number of carbonyl (C=O) groups is 1. The number of urea groups is 1. The van der Waals surface area contributed by atoms with Crippen molar-refractivity contribution >= 4 is 6.03 Å². The van der Waals surface area contributed by atoms with E-state index in [0.29, 0.717) is 31.2 Å². The van der Waals surface area contributed by atoms with Crippen molar-refractivity contribution in [1.82, 2.24) is 10.2 Å². The minimum Gasteiger partial charge on any atom is -0.493 e. The van der Waals surface area contributed by atoms with Crippen molar-refractivity contribution in [2.45, 2.75) is 39.2 Å². The summed E-state index contributed by atoms with van der Waals surface area (Å²) < 4.78 is 11.1. The summed E-state index contributed by atoms with van der Waals surface area (Å²) in [5, 5.41) is 12.0. The third-order valence-corrected chi connectivity index (χ3v) is 4.45. The van der Waals surface area contributed by atoms with Gasteiger partial charge in [0.2, 0.25) is 0 Å². The number of hydrogen-bond donors (Lipinski definition) is 1. The lowest BCUT2D eigenvalue weighted by atomic mass is 9.99. The Labute approximate surface area is 149 Å². The minimum atomic E-state index is -0.143. The maximum Gasteiger partial charge on any atom is 0.317 e. The van der Waals surface area contributed by atoms with Crippen LogP contribution in [0.15, 0.2) is 18.2 Å². The minimum absolute atomic E-state index is 0.0707. The van der Waals surface area contributed by atoms with Gasteiger partial charge in [-0.1, -0.05) is 13.0 Å². The number of hydrogen-bond acceptors (Lipinski definition) is 4. The van der Waals surface area contributed by atoms with Gasteiger partial charge < -0.3 is 19.7 Å². The van der Waals surface area contributed by atoms with Crippen molar-refractivity contribution in [3.63, 3.8) is 0 Å². The summed E-state index contributed by atoms with van der Waals surface area (Å²) in [6.45, 7) is 5.90. The summed E-state index contributed by atoms with van der Waals surface area (Å²) in [6, 6.07) is 7.77. The Hall–Kier alpha value is -2.42. The number of amides is 2. The molecule has 0 aliphatic carbocycles.